The molecule has 0 saturated heterocycles. The van der Waals surface area contributed by atoms with E-state index in [4.69, 9.17) is 0 Å². The number of rotatable bonds is 5. The fourth-order valence-corrected chi connectivity index (χ4v) is 2.94. The van der Waals surface area contributed by atoms with Crippen LogP contribution in [-0.2, 0) is 6.42 Å². The number of likely N-dealkylation sites (N-methyl/N-ethyl adjacent to an activating group) is 1. The highest BCUT2D eigenvalue weighted by atomic mass is 32.1. The quantitative estimate of drug-likeness (QED) is 0.722. The number of aromatic nitrogens is 2. The van der Waals surface area contributed by atoms with E-state index < -0.39 is 0 Å². The summed E-state index contributed by atoms with van der Waals surface area (Å²) in [5.74, 6) is -0.0701. The van der Waals surface area contributed by atoms with Gasteiger partial charge in [-0.2, -0.15) is 0 Å². The van der Waals surface area contributed by atoms with Gasteiger partial charge in [0.15, 0.2) is 0 Å². The minimum absolute atomic E-state index is 0.0701. The largest absolute Gasteiger partial charge is 0.340 e. The second-order valence-electron chi connectivity index (χ2n) is 5.18. The van der Waals surface area contributed by atoms with Crippen LogP contribution in [0, 0.1) is 0 Å². The number of amides is 1. The van der Waals surface area contributed by atoms with Gasteiger partial charge in [-0.3, -0.25) is 9.78 Å². The average molecular weight is 323 g/mol. The molecular formula is C18H17N3OS. The lowest BCUT2D eigenvalue weighted by Crippen LogP contribution is -2.29. The zero-order chi connectivity index (χ0) is 16.1. The molecule has 3 heterocycles. The summed E-state index contributed by atoms with van der Waals surface area (Å²) < 4.78 is 0. The summed E-state index contributed by atoms with van der Waals surface area (Å²) in [7, 11) is 1.80. The maximum Gasteiger partial charge on any atom is 0.272 e. The van der Waals surface area contributed by atoms with Gasteiger partial charge in [-0.1, -0.05) is 18.2 Å². The lowest BCUT2D eigenvalue weighted by atomic mass is 10.2. The van der Waals surface area contributed by atoms with E-state index in [-0.39, 0.29) is 5.91 Å². The van der Waals surface area contributed by atoms with Crippen LogP contribution >= 0.6 is 11.3 Å². The molecule has 0 aliphatic rings. The lowest BCUT2D eigenvalue weighted by Gasteiger charge is -2.16. The topological polar surface area (TPSA) is 46.1 Å². The van der Waals surface area contributed by atoms with E-state index in [2.05, 4.69) is 9.97 Å². The molecule has 116 valence electrons. The van der Waals surface area contributed by atoms with E-state index >= 15 is 0 Å². The third-order valence-electron chi connectivity index (χ3n) is 3.52. The molecule has 0 N–H and O–H groups in total. The third-order valence-corrected chi connectivity index (χ3v) is 4.41. The van der Waals surface area contributed by atoms with Gasteiger partial charge in [-0.15, -0.1) is 11.3 Å². The monoisotopic (exact) mass is 323 g/mol. The lowest BCUT2D eigenvalue weighted by molar-refractivity contribution is 0.0790. The molecular weight excluding hydrogens is 306 g/mol. The first-order chi connectivity index (χ1) is 11.2. The van der Waals surface area contributed by atoms with E-state index in [1.807, 2.05) is 47.8 Å². The van der Waals surface area contributed by atoms with Crippen LogP contribution in [0.3, 0.4) is 0 Å². The Morgan fingerprint density at radius 2 is 2.04 bits per heavy atom. The van der Waals surface area contributed by atoms with Gasteiger partial charge in [-0.05, 0) is 35.7 Å². The molecule has 0 bridgehead atoms. The van der Waals surface area contributed by atoms with Gasteiger partial charge in [0.2, 0.25) is 0 Å². The number of pyridine rings is 2. The Morgan fingerprint density at radius 1 is 1.13 bits per heavy atom. The number of carbonyl (C=O) groups excluding carboxylic acids is 1. The molecule has 3 rings (SSSR count). The van der Waals surface area contributed by atoms with Crippen molar-refractivity contribution in [2.24, 2.45) is 0 Å². The van der Waals surface area contributed by atoms with Gasteiger partial charge in [0.1, 0.15) is 5.69 Å². The predicted octanol–water partition coefficient (Wildman–Crippen LogP) is 3.52. The Bertz CT molecular complexity index is 772. The average Bonchev–Trinajstić information content (AvgIpc) is 3.15. The van der Waals surface area contributed by atoms with Crippen molar-refractivity contribution in [1.29, 1.82) is 0 Å². The SMILES string of the molecule is CN(CCc1ccccn1)C(=O)c1cccc(-c2cccs2)n1. The maximum atomic E-state index is 12.5. The zero-order valence-electron chi connectivity index (χ0n) is 12.8. The number of hydrogen-bond acceptors (Lipinski definition) is 4. The van der Waals surface area contributed by atoms with Crippen LogP contribution in [0.25, 0.3) is 10.6 Å². The van der Waals surface area contributed by atoms with Gasteiger partial charge in [0, 0.05) is 31.9 Å². The molecule has 3 aromatic rings. The molecule has 0 radical (unpaired) electrons. The first-order valence-corrected chi connectivity index (χ1v) is 8.28. The van der Waals surface area contributed by atoms with Crippen molar-refractivity contribution in [1.82, 2.24) is 14.9 Å². The minimum atomic E-state index is -0.0701. The molecule has 5 heteroatoms. The van der Waals surface area contributed by atoms with Crippen molar-refractivity contribution in [2.75, 3.05) is 13.6 Å². The summed E-state index contributed by atoms with van der Waals surface area (Å²) in [6, 6.07) is 15.4. The molecule has 0 spiro atoms. The maximum absolute atomic E-state index is 12.5. The first kappa shape index (κ1) is 15.4. The van der Waals surface area contributed by atoms with E-state index in [0.717, 1.165) is 22.7 Å². The molecule has 0 atom stereocenters. The van der Waals surface area contributed by atoms with Crippen molar-refractivity contribution >= 4 is 17.2 Å². The Morgan fingerprint density at radius 3 is 2.78 bits per heavy atom. The minimum Gasteiger partial charge on any atom is -0.340 e. The molecule has 1 amide bonds. The Hall–Kier alpha value is -2.53. The summed E-state index contributed by atoms with van der Waals surface area (Å²) in [5, 5.41) is 2.00. The van der Waals surface area contributed by atoms with Crippen molar-refractivity contribution in [3.63, 3.8) is 0 Å². The Labute approximate surface area is 139 Å². The number of thiophene rings is 1. The highest BCUT2D eigenvalue weighted by molar-refractivity contribution is 7.13. The predicted molar refractivity (Wildman–Crippen MR) is 92.5 cm³/mol. The molecule has 0 aromatic carbocycles. The highest BCUT2D eigenvalue weighted by Gasteiger charge is 2.14. The van der Waals surface area contributed by atoms with Crippen LogP contribution in [0.1, 0.15) is 16.2 Å². The summed E-state index contributed by atoms with van der Waals surface area (Å²) in [6.07, 6.45) is 2.50. The van der Waals surface area contributed by atoms with Crippen LogP contribution in [0.4, 0.5) is 0 Å². The molecule has 0 aliphatic carbocycles. The smallest absolute Gasteiger partial charge is 0.272 e. The summed E-state index contributed by atoms with van der Waals surface area (Å²) in [4.78, 5) is 24.1. The van der Waals surface area contributed by atoms with Crippen molar-refractivity contribution in [3.8, 4) is 10.6 Å². The highest BCUT2D eigenvalue weighted by Crippen LogP contribution is 2.22. The van der Waals surface area contributed by atoms with E-state index in [0.29, 0.717) is 12.2 Å². The van der Waals surface area contributed by atoms with E-state index in [1.165, 1.54) is 0 Å². The van der Waals surface area contributed by atoms with Crippen LogP contribution in [-0.4, -0.2) is 34.4 Å². The van der Waals surface area contributed by atoms with E-state index in [1.54, 1.807) is 35.5 Å². The normalized spacial score (nSPS) is 10.5. The molecule has 3 aromatic heterocycles. The summed E-state index contributed by atoms with van der Waals surface area (Å²) in [5.41, 5.74) is 2.29. The number of carbonyl (C=O) groups is 1. The van der Waals surface area contributed by atoms with Gasteiger partial charge < -0.3 is 4.90 Å². The van der Waals surface area contributed by atoms with Crippen LogP contribution in [0.5, 0.6) is 0 Å². The van der Waals surface area contributed by atoms with Gasteiger partial charge in [0.05, 0.1) is 10.6 Å². The molecule has 0 unspecified atom stereocenters. The van der Waals surface area contributed by atoms with Crippen LogP contribution in [0.2, 0.25) is 0 Å². The molecule has 0 saturated carbocycles. The second kappa shape index (κ2) is 7.15. The van der Waals surface area contributed by atoms with Crippen molar-refractivity contribution < 1.29 is 4.79 Å². The molecule has 4 nitrogen and oxygen atoms in total. The van der Waals surface area contributed by atoms with E-state index in [9.17, 15) is 4.79 Å². The standard InChI is InChI=1S/C18H17N3OS/c1-21(12-10-14-6-2-3-11-19-14)18(22)16-8-4-7-15(20-16)17-9-5-13-23-17/h2-9,11,13H,10,12H2,1H3. The number of hydrogen-bond donors (Lipinski definition) is 0. The fourth-order valence-electron chi connectivity index (χ4n) is 2.24. The molecule has 23 heavy (non-hydrogen) atoms. The van der Waals surface area contributed by atoms with Crippen LogP contribution in [0.15, 0.2) is 60.1 Å². The summed E-state index contributed by atoms with van der Waals surface area (Å²) >= 11 is 1.62. The Kier molecular flexibility index (Phi) is 4.78. The molecule has 0 aliphatic heterocycles. The van der Waals surface area contributed by atoms with Gasteiger partial charge >= 0.3 is 0 Å². The second-order valence-corrected chi connectivity index (χ2v) is 6.13. The van der Waals surface area contributed by atoms with Gasteiger partial charge in [-0.25, -0.2) is 4.98 Å². The summed E-state index contributed by atoms with van der Waals surface area (Å²) in [6.45, 7) is 0.612. The number of nitrogens with zero attached hydrogens (tertiary/aromatic N) is 3. The zero-order valence-corrected chi connectivity index (χ0v) is 13.7. The Balaban J connectivity index is 1.69. The van der Waals surface area contributed by atoms with Crippen LogP contribution < -0.4 is 0 Å². The third kappa shape index (κ3) is 3.81. The molecule has 0 fully saturated rings. The van der Waals surface area contributed by atoms with Crippen molar-refractivity contribution in [3.05, 3.63) is 71.5 Å². The van der Waals surface area contributed by atoms with Crippen molar-refractivity contribution in [2.45, 2.75) is 6.42 Å². The fraction of sp³-hybridized carbons (Fsp3) is 0.167. The first-order valence-electron chi connectivity index (χ1n) is 7.40. The van der Waals surface area contributed by atoms with Gasteiger partial charge in [0.25, 0.3) is 5.91 Å².